The summed E-state index contributed by atoms with van der Waals surface area (Å²) in [5, 5.41) is 4.08. The monoisotopic (exact) mass is 353 g/mol. The molecule has 0 atom stereocenters. The van der Waals surface area contributed by atoms with Crippen molar-refractivity contribution in [2.75, 3.05) is 19.6 Å². The molecule has 1 amide bonds. The van der Waals surface area contributed by atoms with Crippen LogP contribution in [0.2, 0.25) is 0 Å². The standard InChI is InChI=1S/C20H27N5O/c26-20(6-3-10-25-16-21-15-22-25)23-12-8-19(9-13-23)24-11-7-17-4-1-2-5-18(17)14-24/h1-2,4-5,15-16,19H,3,6-14H2. The van der Waals surface area contributed by atoms with Gasteiger partial charge in [0.05, 0.1) is 0 Å². The van der Waals surface area contributed by atoms with Crippen molar-refractivity contribution >= 4 is 5.91 Å². The lowest BCUT2D eigenvalue weighted by Crippen LogP contribution is -2.48. The number of hydrogen-bond acceptors (Lipinski definition) is 4. The van der Waals surface area contributed by atoms with E-state index in [-0.39, 0.29) is 5.91 Å². The maximum atomic E-state index is 12.4. The number of carbonyl (C=O) groups excluding carboxylic acids is 1. The van der Waals surface area contributed by atoms with Crippen LogP contribution in [0.1, 0.15) is 36.8 Å². The topological polar surface area (TPSA) is 54.3 Å². The highest BCUT2D eigenvalue weighted by molar-refractivity contribution is 5.76. The molecule has 2 aliphatic rings. The quantitative estimate of drug-likeness (QED) is 0.826. The summed E-state index contributed by atoms with van der Waals surface area (Å²) in [5.74, 6) is 0.285. The molecule has 1 fully saturated rings. The summed E-state index contributed by atoms with van der Waals surface area (Å²) in [6.07, 6.45) is 8.00. The minimum atomic E-state index is 0.285. The molecule has 1 saturated heterocycles. The van der Waals surface area contributed by atoms with Crippen LogP contribution in [-0.2, 0) is 24.3 Å². The lowest BCUT2D eigenvalue weighted by atomic mass is 9.95. The fourth-order valence-corrected chi connectivity index (χ4v) is 4.21. The van der Waals surface area contributed by atoms with Gasteiger partial charge in [-0.25, -0.2) is 4.98 Å². The van der Waals surface area contributed by atoms with Crippen LogP contribution in [0, 0.1) is 0 Å². The molecule has 2 aliphatic heterocycles. The molecule has 3 heterocycles. The molecule has 0 unspecified atom stereocenters. The van der Waals surface area contributed by atoms with Gasteiger partial charge in [0.1, 0.15) is 12.7 Å². The van der Waals surface area contributed by atoms with Gasteiger partial charge in [-0.2, -0.15) is 5.10 Å². The van der Waals surface area contributed by atoms with Crippen LogP contribution in [0.5, 0.6) is 0 Å². The van der Waals surface area contributed by atoms with Crippen molar-refractivity contribution in [1.29, 1.82) is 0 Å². The smallest absolute Gasteiger partial charge is 0.222 e. The third-order valence-electron chi connectivity index (χ3n) is 5.74. The minimum absolute atomic E-state index is 0.285. The maximum Gasteiger partial charge on any atom is 0.222 e. The molecule has 0 radical (unpaired) electrons. The number of benzene rings is 1. The molecule has 6 heteroatoms. The molecular weight excluding hydrogens is 326 g/mol. The summed E-state index contributed by atoms with van der Waals surface area (Å²) >= 11 is 0. The van der Waals surface area contributed by atoms with Crippen LogP contribution in [0.4, 0.5) is 0 Å². The van der Waals surface area contributed by atoms with Gasteiger partial charge in [-0.05, 0) is 36.8 Å². The number of carbonyl (C=O) groups is 1. The number of rotatable bonds is 5. The van der Waals surface area contributed by atoms with Crippen LogP contribution in [-0.4, -0.2) is 56.1 Å². The number of amides is 1. The highest BCUT2D eigenvalue weighted by Gasteiger charge is 2.28. The van der Waals surface area contributed by atoms with E-state index >= 15 is 0 Å². The van der Waals surface area contributed by atoms with Crippen molar-refractivity contribution in [1.82, 2.24) is 24.6 Å². The largest absolute Gasteiger partial charge is 0.343 e. The Kier molecular flexibility index (Phi) is 5.29. The van der Waals surface area contributed by atoms with Crippen LogP contribution in [0.3, 0.4) is 0 Å². The van der Waals surface area contributed by atoms with E-state index in [1.165, 1.54) is 17.5 Å². The first-order chi connectivity index (χ1) is 12.8. The molecule has 2 aromatic rings. The summed E-state index contributed by atoms with van der Waals surface area (Å²) in [4.78, 5) is 21.0. The minimum Gasteiger partial charge on any atom is -0.343 e. The number of aryl methyl sites for hydroxylation is 1. The average molecular weight is 353 g/mol. The van der Waals surface area contributed by atoms with E-state index in [4.69, 9.17) is 0 Å². The number of nitrogens with zero attached hydrogens (tertiary/aromatic N) is 5. The van der Waals surface area contributed by atoms with Gasteiger partial charge in [-0.3, -0.25) is 14.4 Å². The molecule has 1 aromatic heterocycles. The number of likely N-dealkylation sites (tertiary alicyclic amines) is 1. The van der Waals surface area contributed by atoms with E-state index in [0.717, 1.165) is 58.4 Å². The van der Waals surface area contributed by atoms with Crippen LogP contribution >= 0.6 is 0 Å². The Bertz CT molecular complexity index is 722. The van der Waals surface area contributed by atoms with Crippen molar-refractivity contribution in [3.63, 3.8) is 0 Å². The average Bonchev–Trinajstić information content (AvgIpc) is 3.21. The first kappa shape index (κ1) is 17.2. The molecule has 26 heavy (non-hydrogen) atoms. The number of fused-ring (bicyclic) bond motifs is 1. The van der Waals surface area contributed by atoms with Gasteiger partial charge in [0.25, 0.3) is 0 Å². The van der Waals surface area contributed by atoms with Gasteiger partial charge in [-0.1, -0.05) is 24.3 Å². The zero-order valence-electron chi connectivity index (χ0n) is 15.3. The first-order valence-corrected chi connectivity index (χ1v) is 9.70. The van der Waals surface area contributed by atoms with Gasteiger partial charge < -0.3 is 4.90 Å². The normalized spacial score (nSPS) is 18.7. The van der Waals surface area contributed by atoms with Crippen LogP contribution in [0.25, 0.3) is 0 Å². The zero-order chi connectivity index (χ0) is 17.8. The molecule has 138 valence electrons. The summed E-state index contributed by atoms with van der Waals surface area (Å²) in [6, 6.07) is 9.41. The summed E-state index contributed by atoms with van der Waals surface area (Å²) in [7, 11) is 0. The van der Waals surface area contributed by atoms with Crippen LogP contribution in [0.15, 0.2) is 36.9 Å². The predicted molar refractivity (Wildman–Crippen MR) is 99.4 cm³/mol. The lowest BCUT2D eigenvalue weighted by molar-refractivity contribution is -0.133. The van der Waals surface area contributed by atoms with Crippen molar-refractivity contribution in [2.45, 2.75) is 51.2 Å². The van der Waals surface area contributed by atoms with Crippen LogP contribution < -0.4 is 0 Å². The van der Waals surface area contributed by atoms with E-state index in [9.17, 15) is 4.79 Å². The Balaban J connectivity index is 1.22. The van der Waals surface area contributed by atoms with Gasteiger partial charge in [0, 0.05) is 45.2 Å². The summed E-state index contributed by atoms with van der Waals surface area (Å²) in [6.45, 7) is 4.76. The third kappa shape index (κ3) is 3.96. The predicted octanol–water partition coefficient (Wildman–Crippen LogP) is 2.11. The number of piperidine rings is 1. The Hall–Kier alpha value is -2.21. The molecular formula is C20H27N5O. The van der Waals surface area contributed by atoms with Crippen molar-refractivity contribution < 1.29 is 4.79 Å². The summed E-state index contributed by atoms with van der Waals surface area (Å²) in [5.41, 5.74) is 2.98. The van der Waals surface area contributed by atoms with E-state index in [1.54, 1.807) is 11.0 Å². The molecule has 0 spiro atoms. The van der Waals surface area contributed by atoms with Gasteiger partial charge in [0.15, 0.2) is 0 Å². The SMILES string of the molecule is O=C(CCCn1cncn1)N1CCC(N2CCc3ccccc3C2)CC1. The number of aromatic nitrogens is 3. The molecule has 0 bridgehead atoms. The van der Waals surface area contributed by atoms with E-state index < -0.39 is 0 Å². The molecule has 4 rings (SSSR count). The van der Waals surface area contributed by atoms with Gasteiger partial charge in [-0.15, -0.1) is 0 Å². The summed E-state index contributed by atoms with van der Waals surface area (Å²) < 4.78 is 1.79. The van der Waals surface area contributed by atoms with Crippen molar-refractivity contribution in [3.8, 4) is 0 Å². The van der Waals surface area contributed by atoms with Crippen molar-refractivity contribution in [2.24, 2.45) is 0 Å². The lowest BCUT2D eigenvalue weighted by Gasteiger charge is -2.40. The second-order valence-corrected chi connectivity index (χ2v) is 7.36. The first-order valence-electron chi connectivity index (χ1n) is 9.70. The maximum absolute atomic E-state index is 12.4. The molecule has 6 nitrogen and oxygen atoms in total. The van der Waals surface area contributed by atoms with E-state index in [0.29, 0.717) is 12.5 Å². The molecule has 1 aromatic carbocycles. The van der Waals surface area contributed by atoms with Crippen molar-refractivity contribution in [3.05, 3.63) is 48.0 Å². The second kappa shape index (κ2) is 7.99. The van der Waals surface area contributed by atoms with E-state index in [2.05, 4.69) is 44.1 Å². The Morgan fingerprint density at radius 3 is 2.69 bits per heavy atom. The third-order valence-corrected chi connectivity index (χ3v) is 5.74. The van der Waals surface area contributed by atoms with Gasteiger partial charge >= 0.3 is 0 Å². The number of hydrogen-bond donors (Lipinski definition) is 0. The fourth-order valence-electron chi connectivity index (χ4n) is 4.21. The highest BCUT2D eigenvalue weighted by atomic mass is 16.2. The Morgan fingerprint density at radius 1 is 1.12 bits per heavy atom. The Labute approximate surface area is 154 Å². The highest BCUT2D eigenvalue weighted by Crippen LogP contribution is 2.25. The zero-order valence-corrected chi connectivity index (χ0v) is 15.3. The second-order valence-electron chi connectivity index (χ2n) is 7.36. The molecule has 0 aliphatic carbocycles. The van der Waals surface area contributed by atoms with E-state index in [1.807, 2.05) is 0 Å². The molecule has 0 saturated carbocycles. The van der Waals surface area contributed by atoms with Gasteiger partial charge in [0.2, 0.25) is 5.91 Å². The molecule has 0 N–H and O–H groups in total. The fraction of sp³-hybridized carbons (Fsp3) is 0.550. The Morgan fingerprint density at radius 2 is 1.92 bits per heavy atom.